The third-order valence-corrected chi connectivity index (χ3v) is 15.7. The van der Waals surface area contributed by atoms with Gasteiger partial charge in [-0.1, -0.05) is 77.4 Å². The smallest absolute Gasteiger partial charge is 0.337 e. The maximum Gasteiger partial charge on any atom is 0.337 e. The molecule has 0 spiro atoms. The van der Waals surface area contributed by atoms with E-state index in [9.17, 15) is 71.9 Å². The van der Waals surface area contributed by atoms with Crippen LogP contribution in [0.2, 0.25) is 0 Å². The molecule has 0 aliphatic heterocycles. The Morgan fingerprint density at radius 2 is 0.723 bits per heavy atom. The summed E-state index contributed by atoms with van der Waals surface area (Å²) >= 11 is 0. The number of unbranched alkanes of at least 4 members (excludes halogenated alkanes) is 1. The van der Waals surface area contributed by atoms with E-state index in [0.29, 0.717) is 78.2 Å². The maximum absolute atomic E-state index is 11.8. The van der Waals surface area contributed by atoms with Crippen LogP contribution in [0.25, 0.3) is 55.5 Å². The van der Waals surface area contributed by atoms with E-state index in [4.69, 9.17) is 28.5 Å². The van der Waals surface area contributed by atoms with Gasteiger partial charge >= 0.3 is 56.6 Å². The number of nitrogens with one attached hydrogen (secondary N) is 10. The second-order valence-corrected chi connectivity index (χ2v) is 23.5. The van der Waals surface area contributed by atoms with E-state index in [1.807, 2.05) is 0 Å². The lowest BCUT2D eigenvalue weighted by Gasteiger charge is -2.08. The van der Waals surface area contributed by atoms with E-state index in [2.05, 4.69) is 81.8 Å². The summed E-state index contributed by atoms with van der Waals surface area (Å²) in [6, 6.07) is 6.52. The Morgan fingerprint density at radius 3 is 1.05 bits per heavy atom. The minimum absolute atomic E-state index is 0.0385. The SMILES string of the molecule is C#CCCc1cc(=O)oc2[nH]c(=O)[nH]c(=O)c12.CC(C)CCCc1cc(=O)oc2[nH]c(=O)[nH]c(=O)c12.O=c1[nH]c(=O)c2c(CC3C=CCC3)cc(=O)oc2[nH]1.O=c1[nH]c(=O)c2c(CCCC3CC3)cc(=O)oc2[nH]1.O=c1[nH]c(=O)c2c(CCCCC3CC3)cc(=O)oc2[nH]1. The van der Waals surface area contributed by atoms with Crippen molar-refractivity contribution in [2.75, 3.05) is 0 Å². The fourth-order valence-electron chi connectivity index (χ4n) is 11.0. The molecule has 94 heavy (non-hydrogen) atoms. The highest BCUT2D eigenvalue weighted by molar-refractivity contribution is 5.78. The van der Waals surface area contributed by atoms with Crippen molar-refractivity contribution in [3.8, 4) is 12.3 Å². The molecule has 492 valence electrons. The highest BCUT2D eigenvalue weighted by Gasteiger charge is 2.23. The van der Waals surface area contributed by atoms with Crippen molar-refractivity contribution < 1.29 is 22.1 Å². The molecule has 10 aromatic rings. The molecule has 0 bridgehead atoms. The molecule has 10 N–H and O–H groups in total. The Morgan fingerprint density at radius 1 is 0.404 bits per heavy atom. The van der Waals surface area contributed by atoms with Crippen LogP contribution in [0.5, 0.6) is 0 Å². The van der Waals surface area contributed by atoms with Crippen molar-refractivity contribution >= 4 is 55.5 Å². The lowest BCUT2D eigenvalue weighted by Crippen LogP contribution is -2.24. The number of aromatic nitrogens is 10. The molecule has 3 aliphatic rings. The average Bonchev–Trinajstić information content (AvgIpc) is 1.43. The topological polar surface area (TPSA) is 480 Å². The van der Waals surface area contributed by atoms with Gasteiger partial charge in [0.2, 0.25) is 28.6 Å². The Kier molecular flexibility index (Phi) is 21.6. The summed E-state index contributed by atoms with van der Waals surface area (Å²) in [7, 11) is 0. The second-order valence-electron chi connectivity index (χ2n) is 23.5. The number of aromatic amines is 10. The Labute approximate surface area is 524 Å². The summed E-state index contributed by atoms with van der Waals surface area (Å²) in [4.78, 5) is 194. The summed E-state index contributed by atoms with van der Waals surface area (Å²) in [6.07, 6.45) is 26.9. The molecule has 30 nitrogen and oxygen atoms in total. The molecule has 13 rings (SSSR count). The Bertz CT molecular complexity index is 5350. The van der Waals surface area contributed by atoms with Crippen LogP contribution in [0.15, 0.2) is 136 Å². The normalized spacial score (nSPS) is 14.0. The van der Waals surface area contributed by atoms with Gasteiger partial charge in [0.15, 0.2) is 0 Å². The van der Waals surface area contributed by atoms with E-state index in [-0.39, 0.29) is 55.5 Å². The number of hydrogen-bond donors (Lipinski definition) is 10. The van der Waals surface area contributed by atoms with Gasteiger partial charge in [-0.3, -0.25) is 73.8 Å². The van der Waals surface area contributed by atoms with Crippen LogP contribution in [-0.2, 0) is 32.1 Å². The predicted molar refractivity (Wildman–Crippen MR) is 345 cm³/mol. The Balaban J connectivity index is 0.000000138. The lowest BCUT2D eigenvalue weighted by atomic mass is 9.98. The van der Waals surface area contributed by atoms with Gasteiger partial charge in [-0.05, 0) is 116 Å². The Hall–Kier alpha value is -11.3. The van der Waals surface area contributed by atoms with Crippen LogP contribution in [0.1, 0.15) is 132 Å². The fraction of sp³-hybridized carbons (Fsp3) is 0.391. The standard InChI is InChI=1S/C14H16N2O4.C13H14N2O4.C13H12N2O4.C13H16N2O4.C11H8N2O4/c17-10-7-9(4-2-1-3-8-5-6-8)11-12(18)15-14(19)16-13(11)20-10;16-9-6-8(3-1-2-7-4-5-7)10-11(17)14-13(18)15-12(10)19-9;16-9-6-8(5-7-3-1-2-4-7)10-11(17)14-13(18)15-12(10)19-9;1-7(2)4-3-5-8-6-9(16)19-12-10(8)11(17)14-13(18)15-12;1-2-3-4-6-5-7(14)17-10-8(6)9(15)12-11(16)13-10/h7-8H,1-6H2,(H2,15,16,18,19);6-7H,1-5H2,(H2,14,15,17,18);1,3,6-7H,2,4-5H2,(H2,14,15,17,18);6-7H,3-5H2,1-2H3,(H2,14,15,17,18);1,5H,3-4H2,(H2,12,13,15,16). The van der Waals surface area contributed by atoms with Gasteiger partial charge < -0.3 is 22.1 Å². The third-order valence-electron chi connectivity index (χ3n) is 15.7. The summed E-state index contributed by atoms with van der Waals surface area (Å²) in [5.74, 6) is 4.98. The van der Waals surface area contributed by atoms with Crippen molar-refractivity contribution in [1.29, 1.82) is 0 Å². The van der Waals surface area contributed by atoms with Crippen LogP contribution in [-0.4, -0.2) is 49.8 Å². The van der Waals surface area contributed by atoms with Crippen molar-refractivity contribution in [3.05, 3.63) is 227 Å². The fourth-order valence-corrected chi connectivity index (χ4v) is 11.0. The molecule has 0 saturated heterocycles. The van der Waals surface area contributed by atoms with Crippen LogP contribution in [0.4, 0.5) is 0 Å². The molecule has 3 aliphatic carbocycles. The zero-order valence-corrected chi connectivity index (χ0v) is 51.0. The van der Waals surface area contributed by atoms with Gasteiger partial charge in [-0.2, -0.15) is 0 Å². The van der Waals surface area contributed by atoms with Crippen molar-refractivity contribution in [1.82, 2.24) is 49.8 Å². The predicted octanol–water partition coefficient (Wildman–Crippen LogP) is 3.76. The molecule has 2 fully saturated rings. The maximum atomic E-state index is 11.8. The quantitative estimate of drug-likeness (QED) is 0.0352. The zero-order valence-electron chi connectivity index (χ0n) is 51.0. The van der Waals surface area contributed by atoms with E-state index < -0.39 is 84.4 Å². The lowest BCUT2D eigenvalue weighted by molar-refractivity contribution is 0.537. The number of terminal acetylenes is 1. The zero-order chi connectivity index (χ0) is 67.3. The number of aryl methyl sites for hydroxylation is 4. The number of rotatable bonds is 17. The molecule has 0 aromatic carbocycles. The van der Waals surface area contributed by atoms with Crippen molar-refractivity contribution in [2.24, 2.45) is 23.7 Å². The monoisotopic (exact) mass is 1290 g/mol. The highest BCUT2D eigenvalue weighted by Crippen LogP contribution is 2.35. The van der Waals surface area contributed by atoms with Gasteiger partial charge in [0.25, 0.3) is 27.8 Å². The van der Waals surface area contributed by atoms with E-state index >= 15 is 0 Å². The van der Waals surface area contributed by atoms with Gasteiger partial charge in [-0.15, -0.1) is 12.3 Å². The minimum atomic E-state index is -0.722. The summed E-state index contributed by atoms with van der Waals surface area (Å²) in [5, 5.41) is 1.20. The summed E-state index contributed by atoms with van der Waals surface area (Å²) < 4.78 is 24.3. The summed E-state index contributed by atoms with van der Waals surface area (Å²) in [6.45, 7) is 4.23. The van der Waals surface area contributed by atoms with Crippen LogP contribution < -0.4 is 84.4 Å². The van der Waals surface area contributed by atoms with E-state index in [0.717, 1.165) is 63.2 Å². The van der Waals surface area contributed by atoms with Crippen molar-refractivity contribution in [2.45, 2.75) is 136 Å². The van der Waals surface area contributed by atoms with Crippen LogP contribution in [0, 0.1) is 36.0 Å². The molecule has 0 amide bonds. The van der Waals surface area contributed by atoms with Gasteiger partial charge in [0.05, 0.1) is 0 Å². The molecule has 1 atom stereocenters. The number of H-pyrrole nitrogens is 10. The molecule has 30 heteroatoms. The number of fused-ring (bicyclic) bond motifs is 5. The minimum Gasteiger partial charge on any atom is -0.405 e. The molecule has 1 unspecified atom stereocenters. The third kappa shape index (κ3) is 18.0. The van der Waals surface area contributed by atoms with Gasteiger partial charge in [0, 0.05) is 36.8 Å². The molecule has 10 aromatic heterocycles. The highest BCUT2D eigenvalue weighted by atomic mass is 16.4. The van der Waals surface area contributed by atoms with Crippen molar-refractivity contribution in [3.63, 3.8) is 0 Å². The first-order valence-electron chi connectivity index (χ1n) is 30.6. The first kappa shape index (κ1) is 67.2. The summed E-state index contributed by atoms with van der Waals surface area (Å²) in [5.41, 5.74) is -6.29. The van der Waals surface area contributed by atoms with Crippen LogP contribution in [0.3, 0.4) is 0 Å². The number of allylic oxidation sites excluding steroid dienone is 2. The van der Waals surface area contributed by atoms with Gasteiger partial charge in [-0.25, -0.2) is 47.9 Å². The second kappa shape index (κ2) is 30.2. The van der Waals surface area contributed by atoms with E-state index in [1.54, 1.807) is 0 Å². The number of hydrogen-bond acceptors (Lipinski definition) is 20. The first-order valence-corrected chi connectivity index (χ1v) is 30.6. The van der Waals surface area contributed by atoms with E-state index in [1.165, 1.54) is 62.4 Å². The molecule has 2 saturated carbocycles. The molecule has 10 heterocycles. The largest absolute Gasteiger partial charge is 0.405 e. The van der Waals surface area contributed by atoms with Gasteiger partial charge in [0.1, 0.15) is 26.9 Å². The molecule has 0 radical (unpaired) electrons. The first-order chi connectivity index (χ1) is 45.0. The molecular weight excluding hydrogens is 1230 g/mol. The average molecular weight is 1300 g/mol. The molecular formula is C64H66N10O20. The van der Waals surface area contributed by atoms with Crippen LogP contribution >= 0.6 is 0 Å².